The predicted octanol–water partition coefficient (Wildman–Crippen LogP) is 2.31. The van der Waals surface area contributed by atoms with Gasteiger partial charge in [-0.25, -0.2) is 9.48 Å². The number of nitrogens with zero attached hydrogens (tertiary/aromatic N) is 4. The van der Waals surface area contributed by atoms with Crippen molar-refractivity contribution < 1.29 is 22.7 Å². The lowest BCUT2D eigenvalue weighted by molar-refractivity contribution is -0.137. The Kier molecular flexibility index (Phi) is 4.69. The summed E-state index contributed by atoms with van der Waals surface area (Å²) in [6, 6.07) is 2.90. The van der Waals surface area contributed by atoms with E-state index in [1.54, 1.807) is 7.05 Å². The number of alkyl halides is 3. The van der Waals surface area contributed by atoms with Gasteiger partial charge in [-0.3, -0.25) is 0 Å². The van der Waals surface area contributed by atoms with E-state index in [-0.39, 0.29) is 16.9 Å². The molecule has 0 amide bonds. The second-order valence-corrected chi connectivity index (χ2v) is 5.18. The number of carbonyl (C=O) groups is 1. The lowest BCUT2D eigenvalue weighted by atomic mass is 10.0. The number of hydrogen-bond donors (Lipinski definition) is 0. The van der Waals surface area contributed by atoms with Gasteiger partial charge in [-0.05, 0) is 34.2 Å². The summed E-state index contributed by atoms with van der Waals surface area (Å²) in [5.41, 5.74) is -0.542. The molecule has 1 aromatic heterocycles. The van der Waals surface area contributed by atoms with Gasteiger partial charge in [0.05, 0.1) is 18.2 Å². The highest BCUT2D eigenvalue weighted by Gasteiger charge is 2.31. The molecule has 0 N–H and O–H groups in total. The van der Waals surface area contributed by atoms with E-state index in [0.29, 0.717) is 5.16 Å². The molecule has 6 nitrogen and oxygen atoms in total. The summed E-state index contributed by atoms with van der Waals surface area (Å²) >= 11 is 1.12. The monoisotopic (exact) mass is 332 g/mol. The van der Waals surface area contributed by atoms with Crippen LogP contribution in [0, 0.1) is 0 Å². The summed E-state index contributed by atoms with van der Waals surface area (Å²) < 4.78 is 44.4. The Hall–Kier alpha value is -2.10. The Labute approximate surface area is 127 Å². The third kappa shape index (κ3) is 3.56. The second-order valence-electron chi connectivity index (χ2n) is 4.24. The molecule has 0 aliphatic heterocycles. The Morgan fingerprint density at radius 1 is 1.41 bits per heavy atom. The number of aromatic nitrogens is 4. The third-order valence-corrected chi connectivity index (χ3v) is 3.84. The van der Waals surface area contributed by atoms with Crippen molar-refractivity contribution in [3.8, 4) is 0 Å². The topological polar surface area (TPSA) is 69.9 Å². The number of aryl methyl sites for hydroxylation is 1. The Morgan fingerprint density at radius 3 is 2.68 bits per heavy atom. The zero-order chi connectivity index (χ0) is 16.3. The van der Waals surface area contributed by atoms with E-state index in [0.717, 1.165) is 30.0 Å². The van der Waals surface area contributed by atoms with Gasteiger partial charge in [0, 0.05) is 12.8 Å². The highest BCUT2D eigenvalue weighted by Crippen LogP contribution is 2.32. The molecule has 118 valence electrons. The van der Waals surface area contributed by atoms with Crippen LogP contribution in [0.25, 0.3) is 0 Å². The fraction of sp³-hybridized carbons (Fsp3) is 0.333. The number of rotatable bonds is 4. The second kappa shape index (κ2) is 6.34. The van der Waals surface area contributed by atoms with Gasteiger partial charge in [0.15, 0.2) is 0 Å². The van der Waals surface area contributed by atoms with E-state index in [2.05, 4.69) is 20.3 Å². The van der Waals surface area contributed by atoms with Crippen LogP contribution in [-0.4, -0.2) is 33.3 Å². The van der Waals surface area contributed by atoms with Crippen LogP contribution in [0.5, 0.6) is 0 Å². The van der Waals surface area contributed by atoms with Gasteiger partial charge in [-0.2, -0.15) is 13.2 Å². The lowest BCUT2D eigenvalue weighted by Crippen LogP contribution is -2.10. The maximum absolute atomic E-state index is 12.8. The average molecular weight is 332 g/mol. The fourth-order valence-electron chi connectivity index (χ4n) is 1.68. The van der Waals surface area contributed by atoms with Crippen LogP contribution >= 0.6 is 11.8 Å². The SMILES string of the molecule is COC(=O)c1ccc(C(F)(F)F)cc1CSc1nnnn1C. The molecule has 0 atom stereocenters. The molecule has 1 aromatic carbocycles. The number of ether oxygens (including phenoxy) is 1. The lowest BCUT2D eigenvalue weighted by Gasteiger charge is -2.12. The molecule has 0 fully saturated rings. The van der Waals surface area contributed by atoms with Crippen LogP contribution in [0.1, 0.15) is 21.5 Å². The minimum atomic E-state index is -4.49. The molecule has 0 saturated carbocycles. The number of hydrogen-bond acceptors (Lipinski definition) is 6. The van der Waals surface area contributed by atoms with Crippen molar-refractivity contribution in [2.45, 2.75) is 17.1 Å². The summed E-state index contributed by atoms with van der Waals surface area (Å²) in [5.74, 6) is -0.594. The first kappa shape index (κ1) is 16.3. The third-order valence-electron chi connectivity index (χ3n) is 2.78. The molecule has 2 aromatic rings. The molecule has 0 saturated heterocycles. The maximum atomic E-state index is 12.8. The molecule has 10 heteroatoms. The number of methoxy groups -OCH3 is 1. The molecule has 1 heterocycles. The van der Waals surface area contributed by atoms with Gasteiger partial charge in [0.25, 0.3) is 0 Å². The standard InChI is InChI=1S/C12H11F3N4O2S/c1-19-11(16-17-18-19)22-6-7-5-8(12(13,14)15)3-4-9(7)10(20)21-2/h3-5H,6H2,1-2H3. The smallest absolute Gasteiger partial charge is 0.416 e. The first-order valence-corrected chi connectivity index (χ1v) is 6.95. The van der Waals surface area contributed by atoms with Crippen LogP contribution in [-0.2, 0) is 23.7 Å². The predicted molar refractivity (Wildman–Crippen MR) is 71.1 cm³/mol. The average Bonchev–Trinajstić information content (AvgIpc) is 2.88. The zero-order valence-corrected chi connectivity index (χ0v) is 12.4. The van der Waals surface area contributed by atoms with E-state index in [1.807, 2.05) is 0 Å². The summed E-state index contributed by atoms with van der Waals surface area (Å²) in [6.07, 6.45) is -4.49. The highest BCUT2D eigenvalue weighted by atomic mass is 32.2. The van der Waals surface area contributed by atoms with Crippen LogP contribution in [0.3, 0.4) is 0 Å². The Morgan fingerprint density at radius 2 is 2.14 bits per heavy atom. The van der Waals surface area contributed by atoms with E-state index >= 15 is 0 Å². The highest BCUT2D eigenvalue weighted by molar-refractivity contribution is 7.98. The van der Waals surface area contributed by atoms with E-state index < -0.39 is 17.7 Å². The van der Waals surface area contributed by atoms with Crippen molar-refractivity contribution in [1.29, 1.82) is 0 Å². The molecule has 0 bridgehead atoms. The number of esters is 1. The van der Waals surface area contributed by atoms with Crippen LogP contribution in [0.15, 0.2) is 23.4 Å². The van der Waals surface area contributed by atoms with Gasteiger partial charge >= 0.3 is 12.1 Å². The van der Waals surface area contributed by atoms with Crippen LogP contribution in [0.4, 0.5) is 13.2 Å². The number of benzene rings is 1. The first-order chi connectivity index (χ1) is 10.3. The Balaban J connectivity index is 2.32. The van der Waals surface area contributed by atoms with Gasteiger partial charge in [-0.1, -0.05) is 11.8 Å². The van der Waals surface area contributed by atoms with E-state index in [9.17, 15) is 18.0 Å². The number of tetrazole rings is 1. The number of thioether (sulfide) groups is 1. The molecule has 0 radical (unpaired) electrons. The molecular weight excluding hydrogens is 321 g/mol. The van der Waals surface area contributed by atoms with Crippen molar-refractivity contribution in [3.05, 3.63) is 34.9 Å². The fourth-order valence-corrected chi connectivity index (χ4v) is 2.53. The molecule has 0 aliphatic rings. The number of halogens is 3. The Bertz CT molecular complexity index is 687. The normalized spacial score (nSPS) is 11.5. The van der Waals surface area contributed by atoms with Crippen LogP contribution < -0.4 is 0 Å². The van der Waals surface area contributed by atoms with E-state index in [4.69, 9.17) is 0 Å². The molecular formula is C12H11F3N4O2S. The summed E-state index contributed by atoms with van der Waals surface area (Å²) in [7, 11) is 2.78. The van der Waals surface area contributed by atoms with Crippen molar-refractivity contribution >= 4 is 17.7 Å². The summed E-state index contributed by atoms with van der Waals surface area (Å²) in [6.45, 7) is 0. The molecule has 0 aliphatic carbocycles. The minimum absolute atomic E-state index is 0.0816. The van der Waals surface area contributed by atoms with Crippen LogP contribution in [0.2, 0.25) is 0 Å². The minimum Gasteiger partial charge on any atom is -0.465 e. The quantitative estimate of drug-likeness (QED) is 0.632. The summed E-state index contributed by atoms with van der Waals surface area (Å²) in [5, 5.41) is 11.2. The molecule has 0 unspecified atom stereocenters. The zero-order valence-electron chi connectivity index (χ0n) is 11.6. The van der Waals surface area contributed by atoms with Crippen molar-refractivity contribution in [2.75, 3.05) is 7.11 Å². The summed E-state index contributed by atoms with van der Waals surface area (Å²) in [4.78, 5) is 11.7. The van der Waals surface area contributed by atoms with Gasteiger partial charge in [-0.15, -0.1) is 5.10 Å². The molecule has 22 heavy (non-hydrogen) atoms. The molecule has 0 spiro atoms. The maximum Gasteiger partial charge on any atom is 0.416 e. The van der Waals surface area contributed by atoms with Gasteiger partial charge in [0.1, 0.15) is 0 Å². The first-order valence-electron chi connectivity index (χ1n) is 5.96. The molecule has 2 rings (SSSR count). The largest absolute Gasteiger partial charge is 0.465 e. The van der Waals surface area contributed by atoms with E-state index in [1.165, 1.54) is 11.8 Å². The van der Waals surface area contributed by atoms with Crippen molar-refractivity contribution in [3.63, 3.8) is 0 Å². The van der Waals surface area contributed by atoms with Gasteiger partial charge in [0.2, 0.25) is 5.16 Å². The number of carbonyl (C=O) groups excluding carboxylic acids is 1. The van der Waals surface area contributed by atoms with Crippen molar-refractivity contribution in [2.24, 2.45) is 7.05 Å². The van der Waals surface area contributed by atoms with Crippen molar-refractivity contribution in [1.82, 2.24) is 20.2 Å². The van der Waals surface area contributed by atoms with Gasteiger partial charge < -0.3 is 4.74 Å².